The van der Waals surface area contributed by atoms with Gasteiger partial charge in [0.25, 0.3) is 5.91 Å². The fraction of sp³-hybridized carbons (Fsp3) is 0.261. The SMILES string of the molecule is Cc1cc(-c2nc(C(=O)Nc3cc4cnn(C)c4cc3N3CC[CH]CC3)co2)ccn1. The third kappa shape index (κ3) is 3.76. The molecule has 1 fully saturated rings. The third-order valence-electron chi connectivity index (χ3n) is 5.54. The molecule has 8 nitrogen and oxygen atoms in total. The van der Waals surface area contributed by atoms with E-state index in [1.165, 1.54) is 6.26 Å². The average Bonchev–Trinajstić information content (AvgIpc) is 3.41. The predicted molar refractivity (Wildman–Crippen MR) is 119 cm³/mol. The van der Waals surface area contributed by atoms with Gasteiger partial charge in [0.1, 0.15) is 6.26 Å². The molecule has 1 aliphatic heterocycles. The summed E-state index contributed by atoms with van der Waals surface area (Å²) in [5.41, 5.74) is 4.64. The molecule has 3 aromatic heterocycles. The van der Waals surface area contributed by atoms with Crippen molar-refractivity contribution in [1.29, 1.82) is 0 Å². The van der Waals surface area contributed by atoms with Crippen molar-refractivity contribution in [3.8, 4) is 11.5 Å². The second-order valence-electron chi connectivity index (χ2n) is 7.73. The minimum atomic E-state index is -0.311. The number of nitrogens with zero attached hydrogens (tertiary/aromatic N) is 5. The van der Waals surface area contributed by atoms with E-state index in [9.17, 15) is 4.79 Å². The first-order chi connectivity index (χ1) is 15.1. The van der Waals surface area contributed by atoms with Crippen molar-refractivity contribution in [2.24, 2.45) is 7.05 Å². The van der Waals surface area contributed by atoms with Gasteiger partial charge in [0, 0.05) is 43.0 Å². The number of anilines is 2. The molecule has 1 N–H and O–H groups in total. The number of aryl methyl sites for hydroxylation is 2. The lowest BCUT2D eigenvalue weighted by molar-refractivity contribution is 0.102. The van der Waals surface area contributed by atoms with Gasteiger partial charge in [-0.15, -0.1) is 0 Å². The van der Waals surface area contributed by atoms with Crippen molar-refractivity contribution >= 4 is 28.2 Å². The number of aromatic nitrogens is 4. The van der Waals surface area contributed by atoms with Crippen LogP contribution in [0.3, 0.4) is 0 Å². The normalized spacial score (nSPS) is 14.2. The van der Waals surface area contributed by atoms with Crippen molar-refractivity contribution in [3.05, 3.63) is 60.7 Å². The summed E-state index contributed by atoms with van der Waals surface area (Å²) in [4.78, 5) is 23.9. The highest BCUT2D eigenvalue weighted by atomic mass is 16.3. The van der Waals surface area contributed by atoms with Crippen molar-refractivity contribution in [2.75, 3.05) is 23.3 Å². The number of piperidine rings is 1. The van der Waals surface area contributed by atoms with Gasteiger partial charge in [0.2, 0.25) is 5.89 Å². The van der Waals surface area contributed by atoms with Crippen LogP contribution in [0.1, 0.15) is 29.0 Å². The summed E-state index contributed by atoms with van der Waals surface area (Å²) in [6.07, 6.45) is 9.23. The number of oxazole rings is 1. The van der Waals surface area contributed by atoms with E-state index in [0.717, 1.165) is 59.5 Å². The van der Waals surface area contributed by atoms with Crippen LogP contribution in [0.25, 0.3) is 22.4 Å². The van der Waals surface area contributed by atoms with E-state index >= 15 is 0 Å². The predicted octanol–water partition coefficient (Wildman–Crippen LogP) is 3.99. The summed E-state index contributed by atoms with van der Waals surface area (Å²) in [5.74, 6) is 0.0824. The molecule has 1 aliphatic rings. The van der Waals surface area contributed by atoms with Gasteiger partial charge in [-0.25, -0.2) is 4.98 Å². The van der Waals surface area contributed by atoms with Gasteiger partial charge >= 0.3 is 0 Å². The van der Waals surface area contributed by atoms with E-state index in [0.29, 0.717) is 5.89 Å². The Morgan fingerprint density at radius 1 is 1.19 bits per heavy atom. The molecule has 31 heavy (non-hydrogen) atoms. The highest BCUT2D eigenvalue weighted by Crippen LogP contribution is 2.33. The maximum atomic E-state index is 13.0. The van der Waals surface area contributed by atoms with Gasteiger partial charge in [-0.05, 0) is 50.5 Å². The number of hydrogen-bond acceptors (Lipinski definition) is 6. The molecule has 1 saturated heterocycles. The molecule has 0 spiro atoms. The largest absolute Gasteiger partial charge is 0.444 e. The lowest BCUT2D eigenvalue weighted by Crippen LogP contribution is -2.30. The maximum absolute atomic E-state index is 13.0. The van der Waals surface area contributed by atoms with Crippen LogP contribution in [-0.2, 0) is 7.05 Å². The molecule has 8 heteroatoms. The Bertz CT molecular complexity index is 1250. The van der Waals surface area contributed by atoms with Crippen LogP contribution in [-0.4, -0.2) is 38.7 Å². The van der Waals surface area contributed by atoms with E-state index in [1.54, 1.807) is 12.4 Å². The molecule has 4 aromatic rings. The molecule has 1 amide bonds. The monoisotopic (exact) mass is 415 g/mol. The molecule has 157 valence electrons. The number of carbonyl (C=O) groups excluding carboxylic acids is 1. The number of benzene rings is 1. The molecular formula is C23H23N6O2. The second-order valence-corrected chi connectivity index (χ2v) is 7.73. The van der Waals surface area contributed by atoms with Gasteiger partial charge in [-0.3, -0.25) is 14.5 Å². The van der Waals surface area contributed by atoms with Gasteiger partial charge in [0.05, 0.1) is 23.1 Å². The Kier molecular flexibility index (Phi) is 4.89. The Morgan fingerprint density at radius 2 is 2.03 bits per heavy atom. The fourth-order valence-electron chi connectivity index (χ4n) is 3.92. The summed E-state index contributed by atoms with van der Waals surface area (Å²) in [7, 11) is 1.92. The molecule has 0 unspecified atom stereocenters. The summed E-state index contributed by atoms with van der Waals surface area (Å²) < 4.78 is 7.41. The molecule has 0 aliphatic carbocycles. The lowest BCUT2D eigenvalue weighted by Gasteiger charge is -2.30. The molecule has 0 saturated carbocycles. The molecule has 4 heterocycles. The number of hydrogen-bond donors (Lipinski definition) is 1. The van der Waals surface area contributed by atoms with Gasteiger partial charge in [-0.1, -0.05) is 0 Å². The summed E-state index contributed by atoms with van der Waals surface area (Å²) in [6, 6.07) is 7.75. The zero-order valence-electron chi connectivity index (χ0n) is 17.5. The molecule has 5 rings (SSSR count). The molecule has 0 atom stereocenters. The quantitative estimate of drug-likeness (QED) is 0.542. The Morgan fingerprint density at radius 3 is 2.84 bits per heavy atom. The van der Waals surface area contributed by atoms with Crippen molar-refractivity contribution in [1.82, 2.24) is 19.7 Å². The van der Waals surface area contributed by atoms with Crippen molar-refractivity contribution < 1.29 is 9.21 Å². The molecule has 1 radical (unpaired) electrons. The summed E-state index contributed by atoms with van der Waals surface area (Å²) in [6.45, 7) is 3.73. The number of carbonyl (C=O) groups is 1. The molecule has 0 bridgehead atoms. The zero-order chi connectivity index (χ0) is 21.4. The van der Waals surface area contributed by atoms with E-state index < -0.39 is 0 Å². The summed E-state index contributed by atoms with van der Waals surface area (Å²) in [5, 5.41) is 8.36. The van der Waals surface area contributed by atoms with Crippen LogP contribution in [0, 0.1) is 13.3 Å². The second kappa shape index (κ2) is 7.86. The summed E-state index contributed by atoms with van der Waals surface area (Å²) >= 11 is 0. The third-order valence-corrected chi connectivity index (χ3v) is 5.54. The standard InChI is InChI=1S/C23H23N6O2/c1-15-10-16(6-7-24-15)23-27-19(14-31-23)22(30)26-18-11-17-13-25-28(2)20(17)12-21(18)29-8-4-3-5-9-29/h3,6-7,10-14H,4-5,8-9H2,1-2H3,(H,26,30). The van der Waals surface area contributed by atoms with E-state index in [4.69, 9.17) is 4.42 Å². The van der Waals surface area contributed by atoms with E-state index in [2.05, 4.69) is 37.8 Å². The highest BCUT2D eigenvalue weighted by Gasteiger charge is 2.20. The maximum Gasteiger partial charge on any atom is 0.277 e. The average molecular weight is 415 g/mol. The Balaban J connectivity index is 1.46. The van der Waals surface area contributed by atoms with Crippen molar-refractivity contribution in [3.63, 3.8) is 0 Å². The first-order valence-corrected chi connectivity index (χ1v) is 10.3. The van der Waals surface area contributed by atoms with E-state index in [1.807, 2.05) is 36.9 Å². The number of amides is 1. The lowest BCUT2D eigenvalue weighted by atomic mass is 10.1. The first kappa shape index (κ1) is 19.3. The van der Waals surface area contributed by atoms with Gasteiger partial charge < -0.3 is 14.6 Å². The molecular weight excluding hydrogens is 392 g/mol. The van der Waals surface area contributed by atoms with Crippen LogP contribution in [0.5, 0.6) is 0 Å². The number of pyridine rings is 1. The van der Waals surface area contributed by atoms with Crippen LogP contribution in [0.4, 0.5) is 11.4 Å². The van der Waals surface area contributed by atoms with Crippen LogP contribution >= 0.6 is 0 Å². The van der Waals surface area contributed by atoms with E-state index in [-0.39, 0.29) is 11.6 Å². The zero-order valence-corrected chi connectivity index (χ0v) is 17.5. The number of nitrogens with one attached hydrogen (secondary N) is 1. The number of fused-ring (bicyclic) bond motifs is 1. The number of rotatable bonds is 4. The molecule has 1 aromatic carbocycles. The van der Waals surface area contributed by atoms with Gasteiger partial charge in [-0.2, -0.15) is 5.10 Å². The van der Waals surface area contributed by atoms with Crippen LogP contribution < -0.4 is 10.2 Å². The topological polar surface area (TPSA) is 89.1 Å². The minimum absolute atomic E-state index is 0.230. The Labute approximate surface area is 179 Å². The highest BCUT2D eigenvalue weighted by molar-refractivity contribution is 6.06. The smallest absolute Gasteiger partial charge is 0.277 e. The van der Waals surface area contributed by atoms with Crippen LogP contribution in [0.2, 0.25) is 0 Å². The fourth-order valence-corrected chi connectivity index (χ4v) is 3.92. The van der Waals surface area contributed by atoms with Crippen LogP contribution in [0.15, 0.2) is 47.3 Å². The van der Waals surface area contributed by atoms with Gasteiger partial charge in [0.15, 0.2) is 5.69 Å². The minimum Gasteiger partial charge on any atom is -0.444 e. The van der Waals surface area contributed by atoms with Crippen molar-refractivity contribution in [2.45, 2.75) is 19.8 Å². The Hall–Kier alpha value is -3.68. The first-order valence-electron chi connectivity index (χ1n) is 10.3.